The fraction of sp³-hybridized carbons (Fsp3) is 0.941. The summed E-state index contributed by atoms with van der Waals surface area (Å²) in [6.07, 6.45) is 10.1. The lowest BCUT2D eigenvalue weighted by atomic mass is 10.1. The van der Waals surface area contributed by atoms with Gasteiger partial charge in [0, 0.05) is 0 Å². The number of rotatable bonds is 15. The van der Waals surface area contributed by atoms with Crippen LogP contribution in [0.4, 0.5) is 4.39 Å². The van der Waals surface area contributed by atoms with Crippen LogP contribution in [0.25, 0.3) is 0 Å². The number of unbranched alkanes of at least 4 members (excludes halogenated alkanes) is 6. The maximum Gasteiger partial charge on any atom is 0.319 e. The van der Waals surface area contributed by atoms with Crippen LogP contribution in [0.5, 0.6) is 0 Å². The van der Waals surface area contributed by atoms with Crippen molar-refractivity contribution in [3.63, 3.8) is 0 Å². The van der Waals surface area contributed by atoms with Gasteiger partial charge in [0.25, 0.3) is 0 Å². The number of thioether (sulfide) groups is 1. The summed E-state index contributed by atoms with van der Waals surface area (Å²) in [5.74, 6) is 0.944. The minimum atomic E-state index is -0.212. The molecule has 0 bridgehead atoms. The summed E-state index contributed by atoms with van der Waals surface area (Å²) in [5.41, 5.74) is 0. The van der Waals surface area contributed by atoms with Gasteiger partial charge in [-0.2, -0.15) is 0 Å². The molecule has 1 atom stereocenters. The van der Waals surface area contributed by atoms with Crippen molar-refractivity contribution in [2.75, 3.05) is 19.0 Å². The molecular formula is C17H33FO2S. The van der Waals surface area contributed by atoms with Gasteiger partial charge >= 0.3 is 5.97 Å². The van der Waals surface area contributed by atoms with Gasteiger partial charge in [-0.15, -0.1) is 11.8 Å². The SMILES string of the molecule is CCCCCC(SCCCCCCF)C(=O)OCCCC. The van der Waals surface area contributed by atoms with E-state index in [9.17, 15) is 9.18 Å². The lowest BCUT2D eigenvalue weighted by Gasteiger charge is -2.15. The number of carbonyl (C=O) groups is 1. The lowest BCUT2D eigenvalue weighted by molar-refractivity contribution is -0.143. The van der Waals surface area contributed by atoms with Crippen LogP contribution in [-0.2, 0) is 9.53 Å². The van der Waals surface area contributed by atoms with Crippen LogP contribution in [0.15, 0.2) is 0 Å². The molecule has 0 heterocycles. The lowest BCUT2D eigenvalue weighted by Crippen LogP contribution is -2.21. The fourth-order valence-corrected chi connectivity index (χ4v) is 3.23. The second-order valence-electron chi connectivity index (χ2n) is 5.48. The topological polar surface area (TPSA) is 26.3 Å². The molecule has 0 aromatic carbocycles. The smallest absolute Gasteiger partial charge is 0.319 e. The monoisotopic (exact) mass is 320 g/mol. The number of hydrogen-bond acceptors (Lipinski definition) is 3. The van der Waals surface area contributed by atoms with Crippen LogP contribution < -0.4 is 0 Å². The van der Waals surface area contributed by atoms with Gasteiger partial charge in [0.2, 0.25) is 0 Å². The summed E-state index contributed by atoms with van der Waals surface area (Å²) in [6.45, 7) is 4.61. The van der Waals surface area contributed by atoms with Crippen LogP contribution in [0.1, 0.15) is 78.1 Å². The molecule has 0 saturated heterocycles. The molecule has 0 fully saturated rings. The quantitative estimate of drug-likeness (QED) is 0.293. The first-order valence-electron chi connectivity index (χ1n) is 8.60. The first-order chi connectivity index (χ1) is 10.3. The summed E-state index contributed by atoms with van der Waals surface area (Å²) < 4.78 is 17.4. The van der Waals surface area contributed by atoms with Crippen LogP contribution in [0.2, 0.25) is 0 Å². The fourth-order valence-electron chi connectivity index (χ4n) is 2.03. The Bertz CT molecular complexity index is 237. The standard InChI is InChI=1S/C17H33FO2S/c1-3-5-9-12-16(17(19)20-14-6-4-2)21-15-11-8-7-10-13-18/h16H,3-15H2,1-2H3. The first kappa shape index (κ1) is 20.8. The molecule has 0 amide bonds. The Balaban J connectivity index is 3.91. The van der Waals surface area contributed by atoms with E-state index in [0.717, 1.165) is 50.7 Å². The number of ether oxygens (including phenoxy) is 1. The summed E-state index contributed by atoms with van der Waals surface area (Å²) in [6, 6.07) is 0. The minimum absolute atomic E-state index is 0.00502. The second-order valence-corrected chi connectivity index (χ2v) is 6.79. The van der Waals surface area contributed by atoms with Crippen LogP contribution >= 0.6 is 11.8 Å². The second kappa shape index (κ2) is 16.1. The minimum Gasteiger partial charge on any atom is -0.465 e. The molecule has 1 unspecified atom stereocenters. The zero-order valence-electron chi connectivity index (χ0n) is 13.9. The van der Waals surface area contributed by atoms with E-state index in [1.54, 1.807) is 11.8 Å². The molecule has 0 aromatic heterocycles. The summed E-state index contributed by atoms with van der Waals surface area (Å²) in [7, 11) is 0. The Kier molecular flexibility index (Phi) is 15.9. The third-order valence-corrected chi connectivity index (χ3v) is 4.78. The summed E-state index contributed by atoms with van der Waals surface area (Å²) in [4.78, 5) is 12.1. The van der Waals surface area contributed by atoms with Gasteiger partial charge < -0.3 is 4.74 Å². The molecule has 0 spiro atoms. The number of alkyl halides is 1. The molecular weight excluding hydrogens is 287 g/mol. The van der Waals surface area contributed by atoms with Gasteiger partial charge in [0.05, 0.1) is 13.3 Å². The highest BCUT2D eigenvalue weighted by molar-refractivity contribution is 8.00. The zero-order valence-corrected chi connectivity index (χ0v) is 14.7. The average Bonchev–Trinajstić information content (AvgIpc) is 2.49. The molecule has 0 aliphatic rings. The van der Waals surface area contributed by atoms with Crippen molar-refractivity contribution in [3.8, 4) is 0 Å². The van der Waals surface area contributed by atoms with Gasteiger partial charge in [0.15, 0.2) is 0 Å². The molecule has 0 aliphatic heterocycles. The number of halogens is 1. The molecule has 0 saturated carbocycles. The Morgan fingerprint density at radius 1 is 1.00 bits per heavy atom. The van der Waals surface area contributed by atoms with E-state index in [4.69, 9.17) is 4.74 Å². The van der Waals surface area contributed by atoms with E-state index in [2.05, 4.69) is 13.8 Å². The Labute approximate surface area is 134 Å². The van der Waals surface area contributed by atoms with E-state index < -0.39 is 0 Å². The van der Waals surface area contributed by atoms with Gasteiger partial charge in [-0.1, -0.05) is 52.4 Å². The molecule has 0 aromatic rings. The molecule has 4 heteroatoms. The maximum atomic E-state index is 12.1. The van der Waals surface area contributed by atoms with Gasteiger partial charge in [0.1, 0.15) is 5.25 Å². The van der Waals surface area contributed by atoms with Gasteiger partial charge in [-0.25, -0.2) is 0 Å². The van der Waals surface area contributed by atoms with Crippen LogP contribution in [-0.4, -0.2) is 30.3 Å². The van der Waals surface area contributed by atoms with Crippen molar-refractivity contribution in [1.29, 1.82) is 0 Å². The highest BCUT2D eigenvalue weighted by Gasteiger charge is 2.19. The number of carbonyl (C=O) groups excluding carboxylic acids is 1. The first-order valence-corrected chi connectivity index (χ1v) is 9.65. The van der Waals surface area contributed by atoms with Crippen LogP contribution in [0.3, 0.4) is 0 Å². The van der Waals surface area contributed by atoms with Gasteiger partial charge in [-0.05, 0) is 31.4 Å². The van der Waals surface area contributed by atoms with Crippen LogP contribution in [0, 0.1) is 0 Å². The zero-order chi connectivity index (χ0) is 15.8. The third-order valence-electron chi connectivity index (χ3n) is 3.42. The van der Waals surface area contributed by atoms with E-state index >= 15 is 0 Å². The van der Waals surface area contributed by atoms with Gasteiger partial charge in [-0.3, -0.25) is 9.18 Å². The molecule has 126 valence electrons. The normalized spacial score (nSPS) is 12.3. The van der Waals surface area contributed by atoms with Crippen molar-refractivity contribution in [2.24, 2.45) is 0 Å². The maximum absolute atomic E-state index is 12.1. The third kappa shape index (κ3) is 13.2. The Morgan fingerprint density at radius 3 is 2.38 bits per heavy atom. The van der Waals surface area contributed by atoms with Crippen molar-refractivity contribution in [1.82, 2.24) is 0 Å². The Morgan fingerprint density at radius 2 is 1.71 bits per heavy atom. The van der Waals surface area contributed by atoms with E-state index in [1.807, 2.05) is 0 Å². The van der Waals surface area contributed by atoms with Crippen molar-refractivity contribution in [3.05, 3.63) is 0 Å². The predicted octanol–water partition coefficient (Wildman–Crippen LogP) is 5.54. The largest absolute Gasteiger partial charge is 0.465 e. The molecule has 0 N–H and O–H groups in total. The molecule has 0 rings (SSSR count). The van der Waals surface area contributed by atoms with E-state index in [-0.39, 0.29) is 17.9 Å². The Hall–Kier alpha value is -0.250. The summed E-state index contributed by atoms with van der Waals surface area (Å²) >= 11 is 1.73. The van der Waals surface area contributed by atoms with E-state index in [0.29, 0.717) is 13.0 Å². The van der Waals surface area contributed by atoms with Crippen molar-refractivity contribution < 1.29 is 13.9 Å². The molecule has 2 nitrogen and oxygen atoms in total. The molecule has 0 aliphatic carbocycles. The number of hydrogen-bond donors (Lipinski definition) is 0. The molecule has 21 heavy (non-hydrogen) atoms. The highest BCUT2D eigenvalue weighted by Crippen LogP contribution is 2.21. The summed E-state index contributed by atoms with van der Waals surface area (Å²) in [5, 5.41) is -0.00502. The van der Waals surface area contributed by atoms with E-state index in [1.165, 1.54) is 12.8 Å². The molecule has 0 radical (unpaired) electrons. The number of esters is 1. The predicted molar refractivity (Wildman–Crippen MR) is 90.7 cm³/mol. The van der Waals surface area contributed by atoms with Crippen molar-refractivity contribution >= 4 is 17.7 Å². The van der Waals surface area contributed by atoms with Crippen molar-refractivity contribution in [2.45, 2.75) is 83.3 Å². The average molecular weight is 321 g/mol. The highest BCUT2D eigenvalue weighted by atomic mass is 32.2.